The molecule has 1 unspecified atom stereocenters. The molecule has 1 fully saturated rings. The van der Waals surface area contributed by atoms with Crippen molar-refractivity contribution in [1.29, 1.82) is 5.26 Å². The maximum Gasteiger partial charge on any atom is 0.407 e. The lowest BCUT2D eigenvalue weighted by atomic mass is 10.1. The molecule has 0 radical (unpaired) electrons. The van der Waals surface area contributed by atoms with Crippen LogP contribution < -0.4 is 16.0 Å². The molecule has 1 heterocycles. The number of nitrogen functional groups attached to an aromatic ring is 1. The van der Waals surface area contributed by atoms with Gasteiger partial charge in [0.2, 0.25) is 0 Å². The van der Waals surface area contributed by atoms with E-state index in [0.717, 1.165) is 18.7 Å². The van der Waals surface area contributed by atoms with Crippen LogP contribution in [0.5, 0.6) is 0 Å². The largest absolute Gasteiger partial charge is 0.453 e. The standard InChI is InChI=1S/C13H16N4O2/c1-19-13(18)16-11-4-5-17(8-11)12-3-2-10(15)6-9(12)7-14/h2-3,6,11H,4-5,8,15H2,1H3,(H,16,18). The van der Waals surface area contributed by atoms with Gasteiger partial charge in [0.15, 0.2) is 0 Å². The van der Waals surface area contributed by atoms with Gasteiger partial charge in [-0.15, -0.1) is 0 Å². The van der Waals surface area contributed by atoms with Crippen molar-refractivity contribution in [3.63, 3.8) is 0 Å². The Hall–Kier alpha value is -2.42. The van der Waals surface area contributed by atoms with Crippen LogP contribution >= 0.6 is 0 Å². The van der Waals surface area contributed by atoms with Crippen molar-refractivity contribution in [1.82, 2.24) is 5.32 Å². The van der Waals surface area contributed by atoms with E-state index in [-0.39, 0.29) is 6.04 Å². The molecule has 6 heteroatoms. The summed E-state index contributed by atoms with van der Waals surface area (Å²) in [4.78, 5) is 13.2. The number of nitriles is 1. The first-order valence-electron chi connectivity index (χ1n) is 6.03. The third-order valence-corrected chi connectivity index (χ3v) is 3.18. The van der Waals surface area contributed by atoms with Crippen LogP contribution in [-0.4, -0.2) is 32.3 Å². The molecule has 0 spiro atoms. The minimum absolute atomic E-state index is 0.0385. The lowest BCUT2D eigenvalue weighted by Crippen LogP contribution is -2.37. The number of anilines is 2. The van der Waals surface area contributed by atoms with E-state index in [1.807, 2.05) is 6.07 Å². The highest BCUT2D eigenvalue weighted by Gasteiger charge is 2.25. The summed E-state index contributed by atoms with van der Waals surface area (Å²) >= 11 is 0. The number of nitrogens with one attached hydrogen (secondary N) is 1. The number of amides is 1. The Morgan fingerprint density at radius 2 is 2.42 bits per heavy atom. The number of methoxy groups -OCH3 is 1. The topological polar surface area (TPSA) is 91.4 Å². The predicted molar refractivity (Wildman–Crippen MR) is 71.7 cm³/mol. The SMILES string of the molecule is COC(=O)NC1CCN(c2ccc(N)cc2C#N)C1. The van der Waals surface area contributed by atoms with Gasteiger partial charge in [-0.05, 0) is 24.6 Å². The van der Waals surface area contributed by atoms with Crippen molar-refractivity contribution < 1.29 is 9.53 Å². The van der Waals surface area contributed by atoms with Crippen molar-refractivity contribution in [2.75, 3.05) is 30.8 Å². The second kappa shape index (κ2) is 5.48. The molecule has 0 saturated carbocycles. The molecule has 3 N–H and O–H groups in total. The zero-order chi connectivity index (χ0) is 13.8. The molecule has 6 nitrogen and oxygen atoms in total. The number of alkyl carbamates (subject to hydrolysis) is 1. The van der Waals surface area contributed by atoms with Crippen LogP contribution in [0.25, 0.3) is 0 Å². The molecule has 1 aliphatic rings. The van der Waals surface area contributed by atoms with Crippen molar-refractivity contribution in [3.05, 3.63) is 23.8 Å². The Labute approximate surface area is 111 Å². The summed E-state index contributed by atoms with van der Waals surface area (Å²) in [5, 5.41) is 11.9. The Kier molecular flexibility index (Phi) is 3.76. The van der Waals surface area contributed by atoms with Gasteiger partial charge in [0.1, 0.15) is 6.07 Å². The summed E-state index contributed by atoms with van der Waals surface area (Å²) in [6, 6.07) is 7.46. The van der Waals surface area contributed by atoms with Gasteiger partial charge in [0.05, 0.1) is 24.4 Å². The number of benzene rings is 1. The van der Waals surface area contributed by atoms with Crippen molar-refractivity contribution in [2.45, 2.75) is 12.5 Å². The number of nitrogens with two attached hydrogens (primary N) is 1. The summed E-state index contributed by atoms with van der Waals surface area (Å²) in [7, 11) is 1.34. The van der Waals surface area contributed by atoms with Crippen LogP contribution in [0.4, 0.5) is 16.2 Å². The van der Waals surface area contributed by atoms with E-state index in [1.165, 1.54) is 7.11 Å². The van der Waals surface area contributed by atoms with Crippen LogP contribution in [-0.2, 0) is 4.74 Å². The molecule has 100 valence electrons. The van der Waals surface area contributed by atoms with Crippen LogP contribution in [0, 0.1) is 11.3 Å². The molecule has 1 aromatic rings. The number of carbonyl (C=O) groups is 1. The zero-order valence-corrected chi connectivity index (χ0v) is 10.7. The highest BCUT2D eigenvalue weighted by Crippen LogP contribution is 2.26. The minimum atomic E-state index is -0.426. The Bertz CT molecular complexity index is 524. The quantitative estimate of drug-likeness (QED) is 0.776. The number of hydrogen-bond acceptors (Lipinski definition) is 5. The number of hydrogen-bond donors (Lipinski definition) is 2. The monoisotopic (exact) mass is 260 g/mol. The number of rotatable bonds is 2. The molecule has 1 atom stereocenters. The number of carbonyl (C=O) groups excluding carboxylic acids is 1. The molecule has 1 saturated heterocycles. The molecular weight excluding hydrogens is 244 g/mol. The third-order valence-electron chi connectivity index (χ3n) is 3.18. The van der Waals surface area contributed by atoms with Gasteiger partial charge >= 0.3 is 6.09 Å². The van der Waals surface area contributed by atoms with Crippen molar-refractivity contribution in [2.24, 2.45) is 0 Å². The maximum atomic E-state index is 11.2. The molecule has 0 aromatic heterocycles. The van der Waals surface area contributed by atoms with E-state index < -0.39 is 6.09 Å². The van der Waals surface area contributed by atoms with Crippen LogP contribution in [0.15, 0.2) is 18.2 Å². The molecule has 19 heavy (non-hydrogen) atoms. The normalized spacial score (nSPS) is 17.9. The molecular formula is C13H16N4O2. The highest BCUT2D eigenvalue weighted by atomic mass is 16.5. The second-order valence-corrected chi connectivity index (χ2v) is 4.46. The highest BCUT2D eigenvalue weighted by molar-refractivity contribution is 5.68. The predicted octanol–water partition coefficient (Wildman–Crippen LogP) is 1.08. The molecule has 1 aliphatic heterocycles. The first kappa shape index (κ1) is 13.0. The molecule has 0 aliphatic carbocycles. The van der Waals surface area contributed by atoms with Crippen LogP contribution in [0.2, 0.25) is 0 Å². The van der Waals surface area contributed by atoms with Crippen LogP contribution in [0.3, 0.4) is 0 Å². The summed E-state index contributed by atoms with van der Waals surface area (Å²) < 4.78 is 4.58. The van der Waals surface area contributed by atoms with E-state index in [1.54, 1.807) is 12.1 Å². The van der Waals surface area contributed by atoms with Gasteiger partial charge in [-0.2, -0.15) is 5.26 Å². The van der Waals surface area contributed by atoms with E-state index in [2.05, 4.69) is 21.0 Å². The minimum Gasteiger partial charge on any atom is -0.453 e. The Morgan fingerprint density at radius 3 is 3.11 bits per heavy atom. The number of nitrogens with zero attached hydrogens (tertiary/aromatic N) is 2. The summed E-state index contributed by atoms with van der Waals surface area (Å²) in [5.74, 6) is 0. The van der Waals surface area contributed by atoms with E-state index >= 15 is 0 Å². The fraction of sp³-hybridized carbons (Fsp3) is 0.385. The number of ether oxygens (including phenoxy) is 1. The Morgan fingerprint density at radius 1 is 1.63 bits per heavy atom. The average Bonchev–Trinajstić information content (AvgIpc) is 2.86. The van der Waals surface area contributed by atoms with Gasteiger partial charge in [-0.25, -0.2) is 4.79 Å². The first-order valence-corrected chi connectivity index (χ1v) is 6.03. The Balaban J connectivity index is 2.09. The van der Waals surface area contributed by atoms with Crippen LogP contribution in [0.1, 0.15) is 12.0 Å². The van der Waals surface area contributed by atoms with Crippen molar-refractivity contribution >= 4 is 17.5 Å². The van der Waals surface area contributed by atoms with E-state index in [9.17, 15) is 4.79 Å². The van der Waals surface area contributed by atoms with Gasteiger partial charge in [-0.3, -0.25) is 0 Å². The molecule has 1 aromatic carbocycles. The van der Waals surface area contributed by atoms with Gasteiger partial charge in [-0.1, -0.05) is 0 Å². The molecule has 1 amide bonds. The fourth-order valence-electron chi connectivity index (χ4n) is 2.24. The van der Waals surface area contributed by atoms with Gasteiger partial charge in [0, 0.05) is 18.8 Å². The third kappa shape index (κ3) is 2.88. The molecule has 2 rings (SSSR count). The smallest absolute Gasteiger partial charge is 0.407 e. The first-order chi connectivity index (χ1) is 9.13. The zero-order valence-electron chi connectivity index (χ0n) is 10.7. The lowest BCUT2D eigenvalue weighted by molar-refractivity contribution is 0.167. The average molecular weight is 260 g/mol. The van der Waals surface area contributed by atoms with Gasteiger partial charge in [0.25, 0.3) is 0 Å². The summed E-state index contributed by atoms with van der Waals surface area (Å²) in [5.41, 5.74) is 7.65. The van der Waals surface area contributed by atoms with Gasteiger partial charge < -0.3 is 20.7 Å². The summed E-state index contributed by atoms with van der Waals surface area (Å²) in [6.45, 7) is 1.45. The second-order valence-electron chi connectivity index (χ2n) is 4.46. The van der Waals surface area contributed by atoms with E-state index in [0.29, 0.717) is 17.8 Å². The lowest BCUT2D eigenvalue weighted by Gasteiger charge is -2.20. The molecule has 0 bridgehead atoms. The fourth-order valence-corrected chi connectivity index (χ4v) is 2.24. The van der Waals surface area contributed by atoms with Crippen molar-refractivity contribution in [3.8, 4) is 6.07 Å². The maximum absolute atomic E-state index is 11.2. The van der Waals surface area contributed by atoms with E-state index in [4.69, 9.17) is 11.0 Å². The summed E-state index contributed by atoms with van der Waals surface area (Å²) in [6.07, 6.45) is 0.398.